The highest BCUT2D eigenvalue weighted by Crippen LogP contribution is 2.13. The maximum absolute atomic E-state index is 12.1. The van der Waals surface area contributed by atoms with E-state index in [1.807, 2.05) is 34.6 Å². The van der Waals surface area contributed by atoms with Gasteiger partial charge in [-0.05, 0) is 44.9 Å². The summed E-state index contributed by atoms with van der Waals surface area (Å²) in [5.41, 5.74) is 6.56. The van der Waals surface area contributed by atoms with E-state index in [2.05, 4.69) is 10.6 Å². The molecule has 0 spiro atoms. The van der Waals surface area contributed by atoms with E-state index in [4.69, 9.17) is 5.73 Å². The van der Waals surface area contributed by atoms with Crippen molar-refractivity contribution in [1.29, 1.82) is 0 Å². The molecule has 1 rings (SSSR count). The van der Waals surface area contributed by atoms with Gasteiger partial charge in [0.25, 0.3) is 5.91 Å². The van der Waals surface area contributed by atoms with Crippen LogP contribution < -0.4 is 16.4 Å². The molecule has 21 heavy (non-hydrogen) atoms. The van der Waals surface area contributed by atoms with Gasteiger partial charge in [0.2, 0.25) is 5.91 Å². The zero-order valence-corrected chi connectivity index (χ0v) is 13.4. The third kappa shape index (κ3) is 5.55. The van der Waals surface area contributed by atoms with Gasteiger partial charge >= 0.3 is 0 Å². The fraction of sp³-hybridized carbons (Fsp3) is 0.500. The molecule has 0 saturated carbocycles. The van der Waals surface area contributed by atoms with Crippen LogP contribution >= 0.6 is 0 Å². The molecular formula is C16H25N3O2. The van der Waals surface area contributed by atoms with Crippen molar-refractivity contribution < 1.29 is 9.59 Å². The highest BCUT2D eigenvalue weighted by atomic mass is 16.2. The number of carbonyl (C=O) groups is 2. The average molecular weight is 291 g/mol. The summed E-state index contributed by atoms with van der Waals surface area (Å²) in [6.45, 7) is 9.52. The molecule has 4 N–H and O–H groups in total. The SMILES string of the molecule is CC(C)[C@H](N)C(=O)Nc1cccc(C(=O)NC(C)(C)C)c1. The van der Waals surface area contributed by atoms with Crippen molar-refractivity contribution >= 4 is 17.5 Å². The minimum Gasteiger partial charge on any atom is -0.347 e. The Hall–Kier alpha value is -1.88. The van der Waals surface area contributed by atoms with E-state index in [0.717, 1.165) is 0 Å². The molecule has 0 aliphatic carbocycles. The first-order valence-corrected chi connectivity index (χ1v) is 7.09. The number of rotatable bonds is 4. The Bertz CT molecular complexity index is 518. The minimum absolute atomic E-state index is 0.0531. The number of hydrogen-bond donors (Lipinski definition) is 3. The second-order valence-corrected chi connectivity index (χ2v) is 6.54. The molecule has 5 nitrogen and oxygen atoms in total. The first kappa shape index (κ1) is 17.2. The maximum atomic E-state index is 12.1. The number of anilines is 1. The van der Waals surface area contributed by atoms with E-state index in [1.165, 1.54) is 0 Å². The summed E-state index contributed by atoms with van der Waals surface area (Å²) in [6.07, 6.45) is 0. The molecule has 2 amide bonds. The lowest BCUT2D eigenvalue weighted by molar-refractivity contribution is -0.118. The molecule has 0 heterocycles. The van der Waals surface area contributed by atoms with Crippen molar-refractivity contribution in [3.05, 3.63) is 29.8 Å². The summed E-state index contributed by atoms with van der Waals surface area (Å²) < 4.78 is 0. The Kier molecular flexibility index (Phi) is 5.49. The first-order chi connectivity index (χ1) is 9.60. The molecule has 0 unspecified atom stereocenters. The van der Waals surface area contributed by atoms with Crippen molar-refractivity contribution in [1.82, 2.24) is 5.32 Å². The second kappa shape index (κ2) is 6.72. The van der Waals surface area contributed by atoms with Gasteiger partial charge in [-0.1, -0.05) is 19.9 Å². The smallest absolute Gasteiger partial charge is 0.251 e. The van der Waals surface area contributed by atoms with E-state index >= 15 is 0 Å². The van der Waals surface area contributed by atoms with Crippen LogP contribution in [-0.4, -0.2) is 23.4 Å². The van der Waals surface area contributed by atoms with E-state index in [1.54, 1.807) is 24.3 Å². The minimum atomic E-state index is -0.572. The Morgan fingerprint density at radius 1 is 1.19 bits per heavy atom. The predicted molar refractivity (Wildman–Crippen MR) is 85.1 cm³/mol. The lowest BCUT2D eigenvalue weighted by atomic mass is 10.0. The molecule has 0 saturated heterocycles. The normalized spacial score (nSPS) is 12.9. The van der Waals surface area contributed by atoms with Gasteiger partial charge in [-0.15, -0.1) is 0 Å². The number of nitrogens with one attached hydrogen (secondary N) is 2. The zero-order chi connectivity index (χ0) is 16.2. The molecule has 0 aliphatic rings. The van der Waals surface area contributed by atoms with Crippen LogP contribution in [0.15, 0.2) is 24.3 Å². The average Bonchev–Trinajstić information content (AvgIpc) is 2.35. The van der Waals surface area contributed by atoms with Crippen molar-refractivity contribution in [2.45, 2.75) is 46.2 Å². The first-order valence-electron chi connectivity index (χ1n) is 7.09. The molecular weight excluding hydrogens is 266 g/mol. The maximum Gasteiger partial charge on any atom is 0.251 e. The largest absolute Gasteiger partial charge is 0.347 e. The second-order valence-electron chi connectivity index (χ2n) is 6.54. The quantitative estimate of drug-likeness (QED) is 0.794. The fourth-order valence-corrected chi connectivity index (χ4v) is 1.68. The van der Waals surface area contributed by atoms with Crippen LogP contribution in [-0.2, 0) is 4.79 Å². The van der Waals surface area contributed by atoms with Crippen molar-refractivity contribution in [3.63, 3.8) is 0 Å². The standard InChI is InChI=1S/C16H25N3O2/c1-10(2)13(17)15(21)18-12-8-6-7-11(9-12)14(20)19-16(3,4)5/h6-10,13H,17H2,1-5H3,(H,18,21)(H,19,20)/t13-/m0/s1. The van der Waals surface area contributed by atoms with Crippen LogP contribution in [0.25, 0.3) is 0 Å². The molecule has 5 heteroatoms. The van der Waals surface area contributed by atoms with Gasteiger partial charge in [0.15, 0.2) is 0 Å². The van der Waals surface area contributed by atoms with Gasteiger partial charge < -0.3 is 16.4 Å². The molecule has 116 valence electrons. The Morgan fingerprint density at radius 2 is 1.81 bits per heavy atom. The lowest BCUT2D eigenvalue weighted by Crippen LogP contribution is -2.41. The number of amides is 2. The summed E-state index contributed by atoms with van der Waals surface area (Å²) in [6, 6.07) is 6.25. The number of carbonyl (C=O) groups excluding carboxylic acids is 2. The van der Waals surface area contributed by atoms with Crippen LogP contribution in [0.4, 0.5) is 5.69 Å². The molecule has 0 aliphatic heterocycles. The number of nitrogens with two attached hydrogens (primary N) is 1. The van der Waals surface area contributed by atoms with Crippen LogP contribution in [0.2, 0.25) is 0 Å². The topological polar surface area (TPSA) is 84.2 Å². The van der Waals surface area contributed by atoms with Gasteiger partial charge in [-0.3, -0.25) is 9.59 Å². The molecule has 0 fully saturated rings. The number of hydrogen-bond acceptors (Lipinski definition) is 3. The van der Waals surface area contributed by atoms with Gasteiger partial charge in [-0.25, -0.2) is 0 Å². The van der Waals surface area contributed by atoms with Crippen LogP contribution in [0.3, 0.4) is 0 Å². The van der Waals surface area contributed by atoms with Crippen molar-refractivity contribution in [2.24, 2.45) is 11.7 Å². The van der Waals surface area contributed by atoms with Crippen LogP contribution in [0, 0.1) is 5.92 Å². The Balaban J connectivity index is 2.82. The van der Waals surface area contributed by atoms with Gasteiger partial charge in [0.1, 0.15) is 0 Å². The van der Waals surface area contributed by atoms with Gasteiger partial charge in [0, 0.05) is 16.8 Å². The van der Waals surface area contributed by atoms with Crippen LogP contribution in [0.5, 0.6) is 0 Å². The summed E-state index contributed by atoms with van der Waals surface area (Å²) in [5, 5.41) is 5.62. The summed E-state index contributed by atoms with van der Waals surface area (Å²) >= 11 is 0. The van der Waals surface area contributed by atoms with E-state index in [9.17, 15) is 9.59 Å². The highest BCUT2D eigenvalue weighted by Gasteiger charge is 2.18. The molecule has 0 radical (unpaired) electrons. The monoisotopic (exact) mass is 291 g/mol. The molecule has 0 aromatic heterocycles. The summed E-state index contributed by atoms with van der Waals surface area (Å²) in [5.74, 6) is -0.373. The molecule has 1 aromatic carbocycles. The Morgan fingerprint density at radius 3 is 2.33 bits per heavy atom. The van der Waals surface area contributed by atoms with Crippen LogP contribution in [0.1, 0.15) is 45.0 Å². The van der Waals surface area contributed by atoms with E-state index in [0.29, 0.717) is 11.3 Å². The predicted octanol–water partition coefficient (Wildman–Crippen LogP) is 2.14. The van der Waals surface area contributed by atoms with Crippen molar-refractivity contribution in [3.8, 4) is 0 Å². The van der Waals surface area contributed by atoms with Gasteiger partial charge in [-0.2, -0.15) is 0 Å². The summed E-state index contributed by atoms with van der Waals surface area (Å²) in [4.78, 5) is 24.0. The Labute approximate surface area is 126 Å². The fourth-order valence-electron chi connectivity index (χ4n) is 1.68. The highest BCUT2D eigenvalue weighted by molar-refractivity contribution is 5.98. The summed E-state index contributed by atoms with van der Waals surface area (Å²) in [7, 11) is 0. The van der Waals surface area contributed by atoms with E-state index < -0.39 is 6.04 Å². The third-order valence-electron chi connectivity index (χ3n) is 2.90. The third-order valence-corrected chi connectivity index (χ3v) is 2.90. The molecule has 0 bridgehead atoms. The molecule has 1 atom stereocenters. The van der Waals surface area contributed by atoms with E-state index in [-0.39, 0.29) is 23.3 Å². The van der Waals surface area contributed by atoms with Gasteiger partial charge in [0.05, 0.1) is 6.04 Å². The lowest BCUT2D eigenvalue weighted by Gasteiger charge is -2.21. The molecule has 1 aromatic rings. The zero-order valence-electron chi connectivity index (χ0n) is 13.4. The van der Waals surface area contributed by atoms with Crippen molar-refractivity contribution in [2.75, 3.05) is 5.32 Å². The number of benzene rings is 1.